The van der Waals surface area contributed by atoms with Crippen molar-refractivity contribution in [1.29, 1.82) is 0 Å². The van der Waals surface area contributed by atoms with Gasteiger partial charge in [-0.15, -0.1) is 0 Å². The minimum atomic E-state index is -4.62. The van der Waals surface area contributed by atoms with Crippen molar-refractivity contribution < 1.29 is 18.0 Å². The molecule has 0 spiro atoms. The van der Waals surface area contributed by atoms with Gasteiger partial charge in [-0.05, 0) is 37.3 Å². The number of nitrogens with zero attached hydrogens (tertiary/aromatic N) is 3. The minimum Gasteiger partial charge on any atom is -0.329 e. The van der Waals surface area contributed by atoms with Crippen molar-refractivity contribution in [3.05, 3.63) is 82.6 Å². The average Bonchev–Trinajstić information content (AvgIpc) is 3.09. The van der Waals surface area contributed by atoms with Crippen LogP contribution in [0.3, 0.4) is 0 Å². The fourth-order valence-corrected chi connectivity index (χ4v) is 3.14. The number of rotatable bonds is 3. The normalized spacial score (nSPS) is 11.6. The van der Waals surface area contributed by atoms with E-state index in [0.29, 0.717) is 22.2 Å². The maximum atomic E-state index is 12.8. The standard InChI is InChI=1S/C20H14F3N5O2/c1-11-17(19(30)27-12-5-7-24-16(9-12)20(21,22)23)26-10-28(11)15-4-2-3-14-13(15)6-8-25-18(14)29/h2-10H,1H3,(H,25,29)(H,24,27,30). The predicted molar refractivity (Wildman–Crippen MR) is 104 cm³/mol. The molecule has 3 aromatic heterocycles. The van der Waals surface area contributed by atoms with Crippen molar-refractivity contribution in [2.45, 2.75) is 13.1 Å². The number of carbonyl (C=O) groups excluding carboxylic acids is 1. The molecule has 1 aromatic carbocycles. The Kier molecular flexibility index (Phi) is 4.61. The number of halogens is 3. The number of carbonyl (C=O) groups is 1. The van der Waals surface area contributed by atoms with Gasteiger partial charge in [-0.2, -0.15) is 13.2 Å². The van der Waals surface area contributed by atoms with Crippen molar-refractivity contribution in [3.63, 3.8) is 0 Å². The first-order chi connectivity index (χ1) is 14.3. The van der Waals surface area contributed by atoms with Gasteiger partial charge in [0.2, 0.25) is 0 Å². The van der Waals surface area contributed by atoms with Crippen LogP contribution in [0.5, 0.6) is 0 Å². The van der Waals surface area contributed by atoms with Crippen LogP contribution >= 0.6 is 0 Å². The Morgan fingerprint density at radius 3 is 2.70 bits per heavy atom. The van der Waals surface area contributed by atoms with E-state index in [-0.39, 0.29) is 16.9 Å². The first-order valence-corrected chi connectivity index (χ1v) is 8.75. The van der Waals surface area contributed by atoms with Crippen LogP contribution in [0.4, 0.5) is 18.9 Å². The number of benzene rings is 1. The summed E-state index contributed by atoms with van der Waals surface area (Å²) in [5.74, 6) is -0.663. The SMILES string of the molecule is Cc1c(C(=O)Nc2ccnc(C(F)(F)F)c2)ncn1-c1cccc2c(=O)[nH]ccc12. The molecule has 0 fully saturated rings. The summed E-state index contributed by atoms with van der Waals surface area (Å²) in [4.78, 5) is 34.6. The summed E-state index contributed by atoms with van der Waals surface area (Å²) >= 11 is 0. The molecule has 7 nitrogen and oxygen atoms in total. The number of hydrogen-bond donors (Lipinski definition) is 2. The number of imidazole rings is 1. The molecule has 10 heteroatoms. The summed E-state index contributed by atoms with van der Waals surface area (Å²) in [7, 11) is 0. The number of nitrogens with one attached hydrogen (secondary N) is 2. The largest absolute Gasteiger partial charge is 0.433 e. The van der Waals surface area contributed by atoms with E-state index in [0.717, 1.165) is 12.3 Å². The molecule has 0 saturated heterocycles. The molecule has 4 rings (SSSR count). The lowest BCUT2D eigenvalue weighted by Gasteiger charge is -2.10. The zero-order chi connectivity index (χ0) is 21.5. The third kappa shape index (κ3) is 3.43. The molecule has 4 aromatic rings. The predicted octanol–water partition coefficient (Wildman–Crippen LogP) is 3.69. The molecule has 0 unspecified atom stereocenters. The number of aromatic amines is 1. The van der Waals surface area contributed by atoms with Crippen LogP contribution in [0, 0.1) is 6.92 Å². The van der Waals surface area contributed by atoms with Gasteiger partial charge in [0, 0.05) is 28.9 Å². The van der Waals surface area contributed by atoms with Crippen LogP contribution in [0.1, 0.15) is 21.9 Å². The van der Waals surface area contributed by atoms with Crippen molar-refractivity contribution >= 4 is 22.4 Å². The zero-order valence-corrected chi connectivity index (χ0v) is 15.5. The molecule has 0 saturated carbocycles. The number of anilines is 1. The third-order valence-corrected chi connectivity index (χ3v) is 4.58. The number of H-pyrrole nitrogens is 1. The lowest BCUT2D eigenvalue weighted by Crippen LogP contribution is -2.15. The second kappa shape index (κ2) is 7.14. The van der Waals surface area contributed by atoms with Crippen molar-refractivity contribution in [3.8, 4) is 5.69 Å². The Hall–Kier alpha value is -3.95. The fourth-order valence-electron chi connectivity index (χ4n) is 3.14. The third-order valence-electron chi connectivity index (χ3n) is 4.58. The second-order valence-electron chi connectivity index (χ2n) is 6.48. The van der Waals surface area contributed by atoms with Crippen LogP contribution in [0.15, 0.2) is 59.9 Å². The zero-order valence-electron chi connectivity index (χ0n) is 15.5. The van der Waals surface area contributed by atoms with E-state index < -0.39 is 17.8 Å². The van der Waals surface area contributed by atoms with Crippen LogP contribution in [0.2, 0.25) is 0 Å². The highest BCUT2D eigenvalue weighted by Crippen LogP contribution is 2.29. The Morgan fingerprint density at radius 1 is 1.13 bits per heavy atom. The van der Waals surface area contributed by atoms with Gasteiger partial charge in [0.25, 0.3) is 11.5 Å². The summed E-state index contributed by atoms with van der Waals surface area (Å²) in [5.41, 5.74) is -0.252. The van der Waals surface area contributed by atoms with E-state index in [4.69, 9.17) is 0 Å². The lowest BCUT2D eigenvalue weighted by molar-refractivity contribution is -0.141. The van der Waals surface area contributed by atoms with Gasteiger partial charge < -0.3 is 14.9 Å². The first-order valence-electron chi connectivity index (χ1n) is 8.75. The van der Waals surface area contributed by atoms with Crippen LogP contribution < -0.4 is 10.9 Å². The summed E-state index contributed by atoms with van der Waals surface area (Å²) in [5, 5.41) is 3.55. The lowest BCUT2D eigenvalue weighted by atomic mass is 10.1. The summed E-state index contributed by atoms with van der Waals surface area (Å²) < 4.78 is 40.1. The number of amides is 1. The minimum absolute atomic E-state index is 0.0437. The van der Waals surface area contributed by atoms with Crippen molar-refractivity contribution in [1.82, 2.24) is 19.5 Å². The molecule has 0 atom stereocenters. The molecule has 30 heavy (non-hydrogen) atoms. The monoisotopic (exact) mass is 413 g/mol. The van der Waals surface area contributed by atoms with Crippen LogP contribution in [-0.2, 0) is 6.18 Å². The van der Waals surface area contributed by atoms with Crippen molar-refractivity contribution in [2.75, 3.05) is 5.32 Å². The highest BCUT2D eigenvalue weighted by molar-refractivity contribution is 6.04. The molecular formula is C20H14F3N5O2. The maximum absolute atomic E-state index is 12.8. The van der Waals surface area contributed by atoms with Gasteiger partial charge in [-0.1, -0.05) is 6.07 Å². The fraction of sp³-hybridized carbons (Fsp3) is 0.100. The van der Waals surface area contributed by atoms with Crippen LogP contribution in [-0.4, -0.2) is 25.4 Å². The quantitative estimate of drug-likeness (QED) is 0.536. The van der Waals surface area contributed by atoms with Gasteiger partial charge in [-0.25, -0.2) is 4.98 Å². The smallest absolute Gasteiger partial charge is 0.329 e. The molecule has 0 aliphatic rings. The van der Waals surface area contributed by atoms with E-state index in [2.05, 4.69) is 20.3 Å². The van der Waals surface area contributed by atoms with E-state index in [1.54, 1.807) is 35.8 Å². The molecule has 2 N–H and O–H groups in total. The Morgan fingerprint density at radius 2 is 1.93 bits per heavy atom. The summed E-state index contributed by atoms with van der Waals surface area (Å²) in [6, 6.07) is 8.91. The molecule has 1 amide bonds. The number of aromatic nitrogens is 4. The topological polar surface area (TPSA) is 92.7 Å². The second-order valence-corrected chi connectivity index (χ2v) is 6.48. The molecule has 0 aliphatic carbocycles. The molecule has 0 radical (unpaired) electrons. The maximum Gasteiger partial charge on any atom is 0.433 e. The molecular weight excluding hydrogens is 399 g/mol. The molecule has 3 heterocycles. The van der Waals surface area contributed by atoms with E-state index in [1.807, 2.05) is 0 Å². The molecule has 152 valence electrons. The summed E-state index contributed by atoms with van der Waals surface area (Å²) in [6.07, 6.45) is -0.703. The van der Waals surface area contributed by atoms with Gasteiger partial charge in [0.15, 0.2) is 0 Å². The van der Waals surface area contributed by atoms with Crippen molar-refractivity contribution in [2.24, 2.45) is 0 Å². The van der Waals surface area contributed by atoms with Gasteiger partial charge in [-0.3, -0.25) is 14.6 Å². The molecule has 0 aliphatic heterocycles. The first kappa shape index (κ1) is 19.4. The van der Waals surface area contributed by atoms with Gasteiger partial charge >= 0.3 is 6.18 Å². The Balaban J connectivity index is 1.69. The highest BCUT2D eigenvalue weighted by Gasteiger charge is 2.32. The molecule has 0 bridgehead atoms. The van der Waals surface area contributed by atoms with Gasteiger partial charge in [0.05, 0.1) is 11.4 Å². The number of alkyl halides is 3. The Labute approximate surface area is 167 Å². The average molecular weight is 413 g/mol. The van der Waals surface area contributed by atoms with E-state index in [9.17, 15) is 22.8 Å². The van der Waals surface area contributed by atoms with Gasteiger partial charge in [0.1, 0.15) is 17.7 Å². The van der Waals surface area contributed by atoms with Crippen LogP contribution in [0.25, 0.3) is 16.5 Å². The number of hydrogen-bond acceptors (Lipinski definition) is 4. The number of fused-ring (bicyclic) bond motifs is 1. The number of pyridine rings is 2. The highest BCUT2D eigenvalue weighted by atomic mass is 19.4. The Bertz CT molecular complexity index is 1320. The van der Waals surface area contributed by atoms with E-state index >= 15 is 0 Å². The van der Waals surface area contributed by atoms with E-state index in [1.165, 1.54) is 18.6 Å². The summed E-state index contributed by atoms with van der Waals surface area (Å²) in [6.45, 7) is 1.65.